The molecule has 0 bridgehead atoms. The van der Waals surface area contributed by atoms with Gasteiger partial charge in [0.2, 0.25) is 0 Å². The van der Waals surface area contributed by atoms with Gasteiger partial charge in [-0.1, -0.05) is 12.1 Å². The van der Waals surface area contributed by atoms with Gasteiger partial charge in [-0.2, -0.15) is 0 Å². The summed E-state index contributed by atoms with van der Waals surface area (Å²) in [7, 11) is 0. The molecule has 196 valence electrons. The number of nitrogen functional groups attached to an aromatic ring is 1. The second-order valence-electron chi connectivity index (χ2n) is 10.2. The highest BCUT2D eigenvalue weighted by Gasteiger charge is 2.34. The molecule has 10 nitrogen and oxygen atoms in total. The number of aromatic nitrogens is 6. The van der Waals surface area contributed by atoms with E-state index >= 15 is 0 Å². The lowest BCUT2D eigenvalue weighted by atomic mass is 9.73. The van der Waals surface area contributed by atoms with Crippen LogP contribution in [-0.4, -0.2) is 55.8 Å². The molecule has 1 aliphatic heterocycles. The van der Waals surface area contributed by atoms with Crippen molar-refractivity contribution in [1.82, 2.24) is 29.5 Å². The van der Waals surface area contributed by atoms with E-state index in [2.05, 4.69) is 39.1 Å². The van der Waals surface area contributed by atoms with Gasteiger partial charge in [-0.25, -0.2) is 19.9 Å². The molecule has 4 N–H and O–H groups in total. The summed E-state index contributed by atoms with van der Waals surface area (Å²) >= 11 is 0. The van der Waals surface area contributed by atoms with Gasteiger partial charge in [0, 0.05) is 30.5 Å². The van der Waals surface area contributed by atoms with Gasteiger partial charge in [0.05, 0.1) is 36.9 Å². The van der Waals surface area contributed by atoms with Gasteiger partial charge < -0.3 is 21.1 Å². The van der Waals surface area contributed by atoms with Gasteiger partial charge in [-0.05, 0) is 61.2 Å². The number of hydrogen-bond acceptors (Lipinski definition) is 9. The average Bonchev–Trinajstić information content (AvgIpc) is 3.35. The fraction of sp³-hybridized carbons (Fsp3) is 0.276. The fourth-order valence-corrected chi connectivity index (χ4v) is 5.34. The first-order chi connectivity index (χ1) is 19.1. The molecule has 1 saturated carbocycles. The van der Waals surface area contributed by atoms with Crippen LogP contribution < -0.4 is 16.4 Å². The molecule has 5 aromatic rings. The van der Waals surface area contributed by atoms with Crippen molar-refractivity contribution >= 4 is 22.8 Å². The van der Waals surface area contributed by atoms with Crippen molar-refractivity contribution in [2.45, 2.75) is 24.8 Å². The Morgan fingerprint density at radius 1 is 0.872 bits per heavy atom. The molecule has 2 fully saturated rings. The Morgan fingerprint density at radius 2 is 1.69 bits per heavy atom. The Morgan fingerprint density at radius 3 is 2.44 bits per heavy atom. The Balaban J connectivity index is 1.36. The van der Waals surface area contributed by atoms with Gasteiger partial charge in [0.1, 0.15) is 22.8 Å². The minimum atomic E-state index is -0.234. The summed E-state index contributed by atoms with van der Waals surface area (Å²) in [6.45, 7) is 2.93. The van der Waals surface area contributed by atoms with Crippen molar-refractivity contribution in [3.05, 3.63) is 72.7 Å². The number of pyridine rings is 2. The van der Waals surface area contributed by atoms with E-state index in [0.717, 1.165) is 60.5 Å². The molecule has 5 heterocycles. The molecular weight excluding hydrogens is 490 g/mol. The van der Waals surface area contributed by atoms with Crippen LogP contribution in [0.2, 0.25) is 0 Å². The third kappa shape index (κ3) is 4.18. The second kappa shape index (κ2) is 9.40. The average molecular weight is 520 g/mol. The van der Waals surface area contributed by atoms with Crippen molar-refractivity contribution in [3.8, 4) is 28.5 Å². The normalized spacial score (nSPS) is 16.8. The molecule has 1 aliphatic carbocycles. The van der Waals surface area contributed by atoms with E-state index in [0.29, 0.717) is 41.9 Å². The highest BCUT2D eigenvalue weighted by atomic mass is 16.5. The van der Waals surface area contributed by atoms with Gasteiger partial charge in [-0.15, -0.1) is 0 Å². The molecular formula is C29H29N9O. The molecule has 1 saturated heterocycles. The standard InChI is InChI=1S/C29H29N9O/c30-26-21(3-1-12-33-26)27-36-23-9-8-22(24-17-32-18-25(34-24)37-13-15-39-16-14-37)35-28(23)38(27)20-6-4-19(5-7-20)29(31)10-2-11-29/h1,3-9,12,17-18H,2,10-11,13-16,31H2,(H2,30,33). The minimum absolute atomic E-state index is 0.234. The number of benzene rings is 1. The Bertz CT molecular complexity index is 1650. The Labute approximate surface area is 225 Å². The Hall–Kier alpha value is -4.41. The van der Waals surface area contributed by atoms with Crippen molar-refractivity contribution in [2.24, 2.45) is 5.73 Å². The summed E-state index contributed by atoms with van der Waals surface area (Å²) in [6.07, 6.45) is 8.38. The maximum absolute atomic E-state index is 6.60. The van der Waals surface area contributed by atoms with Crippen molar-refractivity contribution < 1.29 is 4.74 Å². The van der Waals surface area contributed by atoms with E-state index in [-0.39, 0.29) is 5.54 Å². The molecule has 7 rings (SSSR count). The second-order valence-corrected chi connectivity index (χ2v) is 10.2. The summed E-state index contributed by atoms with van der Waals surface area (Å²) < 4.78 is 7.52. The highest BCUT2D eigenvalue weighted by Crippen LogP contribution is 2.39. The van der Waals surface area contributed by atoms with Crippen LogP contribution in [0.5, 0.6) is 0 Å². The first kappa shape index (κ1) is 23.7. The zero-order chi connectivity index (χ0) is 26.4. The number of nitrogens with two attached hydrogens (primary N) is 2. The largest absolute Gasteiger partial charge is 0.383 e. The van der Waals surface area contributed by atoms with Crippen molar-refractivity contribution in [2.75, 3.05) is 36.9 Å². The molecule has 4 aromatic heterocycles. The first-order valence-corrected chi connectivity index (χ1v) is 13.2. The summed E-state index contributed by atoms with van der Waals surface area (Å²) in [5, 5.41) is 0. The molecule has 10 heteroatoms. The number of anilines is 2. The molecule has 2 aliphatic rings. The summed E-state index contributed by atoms with van der Waals surface area (Å²) in [6, 6.07) is 16.1. The van der Waals surface area contributed by atoms with Crippen LogP contribution in [0.1, 0.15) is 24.8 Å². The van der Waals surface area contributed by atoms with Crippen LogP contribution in [0, 0.1) is 0 Å². The van der Waals surface area contributed by atoms with Crippen molar-refractivity contribution in [1.29, 1.82) is 0 Å². The molecule has 0 unspecified atom stereocenters. The van der Waals surface area contributed by atoms with E-state index in [1.165, 1.54) is 0 Å². The summed E-state index contributed by atoms with van der Waals surface area (Å²) in [4.78, 5) is 25.8. The molecule has 0 spiro atoms. The molecule has 1 aromatic carbocycles. The molecule has 0 radical (unpaired) electrons. The summed E-state index contributed by atoms with van der Waals surface area (Å²) in [5.41, 5.74) is 18.3. The SMILES string of the molecule is Nc1ncccc1-c1nc2ccc(-c3cncc(N4CCOCC4)n3)nc2n1-c1ccc(C2(N)CCC2)cc1. The van der Waals surface area contributed by atoms with Crippen LogP contribution in [0.15, 0.2) is 67.1 Å². The van der Waals surface area contributed by atoms with E-state index in [9.17, 15) is 0 Å². The van der Waals surface area contributed by atoms with E-state index < -0.39 is 0 Å². The topological polar surface area (TPSA) is 134 Å². The highest BCUT2D eigenvalue weighted by molar-refractivity contribution is 5.84. The van der Waals surface area contributed by atoms with Crippen LogP contribution in [0.3, 0.4) is 0 Å². The predicted octanol–water partition coefficient (Wildman–Crippen LogP) is 3.70. The van der Waals surface area contributed by atoms with Gasteiger partial charge in [-0.3, -0.25) is 9.55 Å². The van der Waals surface area contributed by atoms with Crippen LogP contribution in [0.4, 0.5) is 11.6 Å². The first-order valence-electron chi connectivity index (χ1n) is 13.2. The summed E-state index contributed by atoms with van der Waals surface area (Å²) in [5.74, 6) is 1.90. The zero-order valence-electron chi connectivity index (χ0n) is 21.5. The van der Waals surface area contributed by atoms with Gasteiger partial charge in [0.15, 0.2) is 11.5 Å². The van der Waals surface area contributed by atoms with E-state index in [1.807, 2.05) is 28.8 Å². The van der Waals surface area contributed by atoms with Crippen molar-refractivity contribution in [3.63, 3.8) is 0 Å². The zero-order valence-corrected chi connectivity index (χ0v) is 21.5. The number of ether oxygens (including phenoxy) is 1. The number of nitrogens with zero attached hydrogens (tertiary/aromatic N) is 7. The van der Waals surface area contributed by atoms with Gasteiger partial charge >= 0.3 is 0 Å². The van der Waals surface area contributed by atoms with Crippen LogP contribution >= 0.6 is 0 Å². The molecule has 0 atom stereocenters. The van der Waals surface area contributed by atoms with E-state index in [1.54, 1.807) is 18.6 Å². The molecule has 0 amide bonds. The third-order valence-electron chi connectivity index (χ3n) is 7.75. The van der Waals surface area contributed by atoms with Crippen LogP contribution in [0.25, 0.3) is 39.6 Å². The molecule has 39 heavy (non-hydrogen) atoms. The monoisotopic (exact) mass is 519 g/mol. The number of rotatable bonds is 5. The maximum atomic E-state index is 6.60. The lowest BCUT2D eigenvalue weighted by Crippen LogP contribution is -2.43. The number of fused-ring (bicyclic) bond motifs is 1. The lowest BCUT2D eigenvalue weighted by Gasteiger charge is -2.38. The Kier molecular flexibility index (Phi) is 5.71. The number of hydrogen-bond donors (Lipinski definition) is 2. The van der Waals surface area contributed by atoms with E-state index in [4.69, 9.17) is 31.2 Å². The quantitative estimate of drug-likeness (QED) is 0.356. The smallest absolute Gasteiger partial charge is 0.165 e. The third-order valence-corrected chi connectivity index (χ3v) is 7.75. The minimum Gasteiger partial charge on any atom is -0.383 e. The van der Waals surface area contributed by atoms with Gasteiger partial charge in [0.25, 0.3) is 0 Å². The lowest BCUT2D eigenvalue weighted by molar-refractivity contribution is 0.122. The predicted molar refractivity (Wildman–Crippen MR) is 150 cm³/mol. The number of morpholine rings is 1. The maximum Gasteiger partial charge on any atom is 0.165 e. The van der Waals surface area contributed by atoms with Crippen LogP contribution in [-0.2, 0) is 10.3 Å². The number of imidazole rings is 1. The fourth-order valence-electron chi connectivity index (χ4n) is 5.34.